The van der Waals surface area contributed by atoms with Crippen LogP contribution >= 0.6 is 0 Å². The van der Waals surface area contributed by atoms with Crippen molar-refractivity contribution in [3.8, 4) is 5.88 Å². The number of nitrogens with one attached hydrogen (secondary N) is 1. The Morgan fingerprint density at radius 1 is 0.795 bits per heavy atom. The second-order valence-corrected chi connectivity index (χ2v) is 23.3. The van der Waals surface area contributed by atoms with Crippen LogP contribution in [0.25, 0.3) is 12.2 Å². The van der Waals surface area contributed by atoms with Gasteiger partial charge in [-0.05, 0) is 0 Å². The second-order valence-electron chi connectivity index (χ2n) is 10.2. The molecule has 218 valence electrons. The van der Waals surface area contributed by atoms with Gasteiger partial charge >= 0.3 is 242 Å². The van der Waals surface area contributed by atoms with Crippen molar-refractivity contribution in [3.63, 3.8) is 0 Å². The van der Waals surface area contributed by atoms with Crippen LogP contribution in [0, 0.1) is 0 Å². The number of halogens is 1. The number of pyridine rings is 1. The van der Waals surface area contributed by atoms with E-state index >= 15 is 0 Å². The first-order valence-corrected chi connectivity index (χ1v) is 22.4. The number of alkyl halides is 1. The molecule has 0 atom stereocenters. The molecule has 0 aliphatic heterocycles. The van der Waals surface area contributed by atoms with Crippen molar-refractivity contribution < 1.29 is 18.6 Å². The van der Waals surface area contributed by atoms with Crippen molar-refractivity contribution in [1.82, 2.24) is 4.98 Å². The van der Waals surface area contributed by atoms with E-state index in [-0.39, 0.29) is 6.61 Å². The predicted octanol–water partition coefficient (Wildman–Crippen LogP) is 7.73. The SMILES string of the molecule is CCC[CH2][Sn]([CH2]CCC)([CH2]CCC)[c]1cc(/C=C/c2ccc(NC)cc2)cnc1OCCOCCOCCF. The molecular weight excluding hydrogens is 598 g/mol. The van der Waals surface area contributed by atoms with Gasteiger partial charge in [-0.1, -0.05) is 0 Å². The molecule has 2 rings (SSSR count). The fourth-order valence-corrected chi connectivity index (χ4v) is 21.2. The molecule has 0 amide bonds. The average molecular weight is 649 g/mol. The molecule has 0 saturated heterocycles. The van der Waals surface area contributed by atoms with E-state index in [0.717, 1.165) is 17.1 Å². The quantitative estimate of drug-likeness (QED) is 0.105. The Labute approximate surface area is 240 Å². The number of nitrogens with zero attached hydrogens (tertiary/aromatic N) is 1. The number of aromatic nitrogens is 1. The maximum atomic E-state index is 12.2. The van der Waals surface area contributed by atoms with Crippen molar-refractivity contribution in [2.45, 2.75) is 72.6 Å². The molecular formula is C32H51FN2O3Sn. The Morgan fingerprint density at radius 3 is 1.92 bits per heavy atom. The van der Waals surface area contributed by atoms with Gasteiger partial charge in [0.2, 0.25) is 0 Å². The average Bonchev–Trinajstić information content (AvgIpc) is 2.98. The molecule has 0 radical (unpaired) electrons. The Hall–Kier alpha value is -1.64. The first kappa shape index (κ1) is 33.6. The van der Waals surface area contributed by atoms with Crippen LogP contribution in [0.1, 0.15) is 70.4 Å². The summed E-state index contributed by atoms with van der Waals surface area (Å²) < 4.78 is 34.8. The van der Waals surface area contributed by atoms with Gasteiger partial charge in [-0.15, -0.1) is 0 Å². The summed E-state index contributed by atoms with van der Waals surface area (Å²) in [7, 11) is 1.94. The fourth-order valence-electron chi connectivity index (χ4n) is 4.91. The molecule has 1 N–H and O–H groups in total. The first-order chi connectivity index (χ1) is 19.1. The van der Waals surface area contributed by atoms with Gasteiger partial charge in [0.1, 0.15) is 0 Å². The predicted molar refractivity (Wildman–Crippen MR) is 167 cm³/mol. The zero-order chi connectivity index (χ0) is 28.2. The molecule has 0 unspecified atom stereocenters. The van der Waals surface area contributed by atoms with Crippen LogP contribution in [0.3, 0.4) is 0 Å². The molecule has 0 aliphatic carbocycles. The number of rotatable bonds is 22. The standard InChI is InChI=1S/C20H24FN2O3.3C4H9.Sn/c1-22-19-7-4-17(5-8-19)2-3-18-6-9-20(23-16-18)26-15-14-25-13-12-24-11-10-21;3*1-3-4-2;/h2-8,16,22H,10-15H2,1H3;3*1,3-4H2,2H3;/b3-2+;;;;. The summed E-state index contributed by atoms with van der Waals surface area (Å²) in [6.45, 7) is 8.33. The van der Waals surface area contributed by atoms with E-state index in [1.807, 2.05) is 13.2 Å². The van der Waals surface area contributed by atoms with Crippen molar-refractivity contribution in [2.24, 2.45) is 0 Å². The number of unbranched alkanes of at least 4 members (excludes halogenated alkanes) is 3. The summed E-state index contributed by atoms with van der Waals surface area (Å²) >= 11 is -2.82. The molecule has 0 spiro atoms. The molecule has 1 heterocycles. The van der Waals surface area contributed by atoms with Crippen LogP contribution in [0.2, 0.25) is 13.3 Å². The second kappa shape index (κ2) is 20.3. The zero-order valence-corrected chi connectivity index (χ0v) is 27.6. The van der Waals surface area contributed by atoms with E-state index in [1.54, 1.807) is 0 Å². The van der Waals surface area contributed by atoms with Gasteiger partial charge in [0.15, 0.2) is 0 Å². The molecule has 1 aromatic heterocycles. The maximum absolute atomic E-state index is 12.2. The van der Waals surface area contributed by atoms with Crippen LogP contribution in [0.5, 0.6) is 5.88 Å². The van der Waals surface area contributed by atoms with Gasteiger partial charge in [0.05, 0.1) is 0 Å². The summed E-state index contributed by atoms with van der Waals surface area (Å²) in [6.07, 6.45) is 13.8. The minimum absolute atomic E-state index is 0.123. The summed E-state index contributed by atoms with van der Waals surface area (Å²) in [4.78, 5) is 4.91. The third-order valence-corrected chi connectivity index (χ3v) is 22.7. The van der Waals surface area contributed by atoms with Crippen LogP contribution in [-0.4, -0.2) is 70.1 Å². The zero-order valence-electron chi connectivity index (χ0n) is 24.8. The Bertz CT molecular complexity index is 918. The molecule has 39 heavy (non-hydrogen) atoms. The fraction of sp³-hybridized carbons (Fsp3) is 0.594. The monoisotopic (exact) mass is 650 g/mol. The van der Waals surface area contributed by atoms with Gasteiger partial charge in [-0.3, -0.25) is 0 Å². The van der Waals surface area contributed by atoms with Gasteiger partial charge in [-0.2, -0.15) is 0 Å². The number of ether oxygens (including phenoxy) is 3. The van der Waals surface area contributed by atoms with Crippen molar-refractivity contribution in [3.05, 3.63) is 47.7 Å². The summed E-state index contributed by atoms with van der Waals surface area (Å²) in [5.41, 5.74) is 3.42. The molecule has 0 fully saturated rings. The van der Waals surface area contributed by atoms with Gasteiger partial charge in [-0.25, -0.2) is 0 Å². The molecule has 7 heteroatoms. The van der Waals surface area contributed by atoms with Crippen molar-refractivity contribution in [1.29, 1.82) is 0 Å². The van der Waals surface area contributed by atoms with E-state index in [1.165, 1.54) is 61.0 Å². The number of anilines is 1. The van der Waals surface area contributed by atoms with E-state index < -0.39 is 25.1 Å². The topological polar surface area (TPSA) is 52.6 Å². The molecule has 2 aromatic rings. The number of hydrogen-bond acceptors (Lipinski definition) is 5. The number of benzene rings is 1. The Morgan fingerprint density at radius 2 is 1.36 bits per heavy atom. The van der Waals surface area contributed by atoms with Gasteiger partial charge in [0.25, 0.3) is 0 Å². The van der Waals surface area contributed by atoms with E-state index in [2.05, 4.69) is 68.6 Å². The number of hydrogen-bond donors (Lipinski definition) is 1. The van der Waals surface area contributed by atoms with Crippen LogP contribution < -0.4 is 13.6 Å². The molecule has 5 nitrogen and oxygen atoms in total. The van der Waals surface area contributed by atoms with E-state index in [9.17, 15) is 4.39 Å². The van der Waals surface area contributed by atoms with Gasteiger partial charge in [0, 0.05) is 0 Å². The first-order valence-electron chi connectivity index (χ1n) is 14.9. The summed E-state index contributed by atoms with van der Waals surface area (Å²) in [5.74, 6) is 0.821. The van der Waals surface area contributed by atoms with Crippen molar-refractivity contribution >= 4 is 39.8 Å². The molecule has 0 aliphatic rings. The summed E-state index contributed by atoms with van der Waals surface area (Å²) in [5, 5.41) is 3.17. The summed E-state index contributed by atoms with van der Waals surface area (Å²) in [6, 6.07) is 10.9. The Kier molecular flexibility index (Phi) is 17.4. The minimum atomic E-state index is -2.82. The third kappa shape index (κ3) is 12.2. The van der Waals surface area contributed by atoms with E-state index in [0.29, 0.717) is 26.4 Å². The Balaban J connectivity index is 2.33. The van der Waals surface area contributed by atoms with Crippen LogP contribution in [-0.2, 0) is 9.47 Å². The van der Waals surface area contributed by atoms with Crippen molar-refractivity contribution in [2.75, 3.05) is 52.1 Å². The van der Waals surface area contributed by atoms with E-state index in [4.69, 9.17) is 19.2 Å². The molecule has 0 bridgehead atoms. The molecule has 0 saturated carbocycles. The third-order valence-electron chi connectivity index (χ3n) is 7.20. The normalized spacial score (nSPS) is 11.8. The van der Waals surface area contributed by atoms with Crippen LogP contribution in [0.15, 0.2) is 36.5 Å². The molecule has 1 aromatic carbocycles. The van der Waals surface area contributed by atoms with Crippen LogP contribution in [0.4, 0.5) is 10.1 Å². The van der Waals surface area contributed by atoms with Gasteiger partial charge < -0.3 is 0 Å².